The second kappa shape index (κ2) is 6.18. The van der Waals surface area contributed by atoms with E-state index in [2.05, 4.69) is 21.2 Å². The van der Waals surface area contributed by atoms with Gasteiger partial charge in [-0.1, -0.05) is 6.07 Å². The Morgan fingerprint density at radius 1 is 1.36 bits per heavy atom. The molecule has 1 atom stereocenters. The van der Waals surface area contributed by atoms with E-state index in [0.717, 1.165) is 5.56 Å². The molecule has 0 fully saturated rings. The SMILES string of the molecule is [C-]#[N+]C1=C(C)Nc2c(C)c[nH]c(=O)c2C1c1ccc(C#N)cc1OC. The highest BCUT2D eigenvalue weighted by Gasteiger charge is 2.34. The van der Waals surface area contributed by atoms with Gasteiger partial charge in [0.15, 0.2) is 5.70 Å². The van der Waals surface area contributed by atoms with Gasteiger partial charge < -0.3 is 15.0 Å². The zero-order valence-corrected chi connectivity index (χ0v) is 14.1. The van der Waals surface area contributed by atoms with E-state index in [4.69, 9.17) is 16.6 Å². The molecule has 0 saturated heterocycles. The number of allylic oxidation sites excluding steroid dienone is 2. The molecule has 6 heteroatoms. The quantitative estimate of drug-likeness (QED) is 0.827. The molecular weight excluding hydrogens is 316 g/mol. The van der Waals surface area contributed by atoms with Gasteiger partial charge in [0.2, 0.25) is 0 Å². The van der Waals surface area contributed by atoms with Crippen LogP contribution in [0.5, 0.6) is 5.75 Å². The summed E-state index contributed by atoms with van der Waals surface area (Å²) >= 11 is 0. The number of H-pyrrole nitrogens is 1. The van der Waals surface area contributed by atoms with Crippen LogP contribution in [-0.2, 0) is 0 Å². The molecule has 0 spiro atoms. The summed E-state index contributed by atoms with van der Waals surface area (Å²) in [5.41, 5.74) is 4.11. The Morgan fingerprint density at radius 2 is 2.12 bits per heavy atom. The minimum absolute atomic E-state index is 0.252. The second-order valence-corrected chi connectivity index (χ2v) is 5.84. The van der Waals surface area contributed by atoms with E-state index in [1.165, 1.54) is 7.11 Å². The minimum Gasteiger partial charge on any atom is -0.496 e. The van der Waals surface area contributed by atoms with Crippen molar-refractivity contribution in [3.05, 3.63) is 79.8 Å². The van der Waals surface area contributed by atoms with Crippen LogP contribution in [0.3, 0.4) is 0 Å². The summed E-state index contributed by atoms with van der Waals surface area (Å²) in [6.07, 6.45) is 1.65. The number of aromatic amines is 1. The Balaban J connectivity index is 2.36. The number of hydrogen-bond donors (Lipinski definition) is 2. The average Bonchev–Trinajstić information content (AvgIpc) is 2.63. The summed E-state index contributed by atoms with van der Waals surface area (Å²) in [6, 6.07) is 7.11. The number of nitriles is 1. The monoisotopic (exact) mass is 332 g/mol. The molecule has 0 radical (unpaired) electrons. The number of nitrogens with zero attached hydrogens (tertiary/aromatic N) is 2. The van der Waals surface area contributed by atoms with E-state index in [9.17, 15) is 4.79 Å². The molecule has 1 aromatic carbocycles. The summed E-state index contributed by atoms with van der Waals surface area (Å²) in [5.74, 6) is -0.0770. The first-order chi connectivity index (χ1) is 12.0. The predicted octanol–water partition coefficient (Wildman–Crippen LogP) is 3.27. The highest BCUT2D eigenvalue weighted by molar-refractivity contribution is 5.69. The number of pyridine rings is 1. The Kier molecular flexibility index (Phi) is 4.04. The number of methoxy groups -OCH3 is 1. The number of fused-ring (bicyclic) bond motifs is 1. The van der Waals surface area contributed by atoms with Gasteiger partial charge >= 0.3 is 0 Å². The highest BCUT2D eigenvalue weighted by Crippen LogP contribution is 2.44. The van der Waals surface area contributed by atoms with E-state index in [1.807, 2.05) is 13.8 Å². The van der Waals surface area contributed by atoms with Crippen molar-refractivity contribution in [1.29, 1.82) is 5.26 Å². The fraction of sp³-hybridized carbons (Fsp3) is 0.211. The first-order valence-corrected chi connectivity index (χ1v) is 7.67. The minimum atomic E-state index is -0.555. The maximum Gasteiger partial charge on any atom is 0.252 e. The predicted molar refractivity (Wildman–Crippen MR) is 94.3 cm³/mol. The van der Waals surface area contributed by atoms with Crippen molar-refractivity contribution in [1.82, 2.24) is 4.98 Å². The van der Waals surface area contributed by atoms with Gasteiger partial charge in [-0.05, 0) is 37.1 Å². The Hall–Kier alpha value is -3.51. The summed E-state index contributed by atoms with van der Waals surface area (Å²) in [4.78, 5) is 19.0. The van der Waals surface area contributed by atoms with E-state index >= 15 is 0 Å². The molecular formula is C19H16N4O2. The number of aromatic nitrogens is 1. The number of nitrogens with one attached hydrogen (secondary N) is 2. The Morgan fingerprint density at radius 3 is 2.76 bits per heavy atom. The Labute approximate surface area is 145 Å². The van der Waals surface area contributed by atoms with Gasteiger partial charge in [-0.25, -0.2) is 4.85 Å². The molecule has 1 aliphatic rings. The number of ether oxygens (including phenoxy) is 1. The molecule has 1 aliphatic heterocycles. The van der Waals surface area contributed by atoms with Crippen LogP contribution in [0.1, 0.15) is 35.1 Å². The number of aryl methyl sites for hydroxylation is 1. The van der Waals surface area contributed by atoms with Crippen molar-refractivity contribution in [2.75, 3.05) is 12.4 Å². The zero-order chi connectivity index (χ0) is 18.1. The lowest BCUT2D eigenvalue weighted by Gasteiger charge is -2.29. The van der Waals surface area contributed by atoms with Crippen molar-refractivity contribution in [2.45, 2.75) is 19.8 Å². The normalized spacial score (nSPS) is 15.6. The fourth-order valence-electron chi connectivity index (χ4n) is 3.17. The lowest BCUT2D eigenvalue weighted by atomic mass is 9.83. The third-order valence-corrected chi connectivity index (χ3v) is 4.38. The van der Waals surface area contributed by atoms with Crippen molar-refractivity contribution in [3.63, 3.8) is 0 Å². The van der Waals surface area contributed by atoms with Gasteiger partial charge in [0.05, 0.1) is 31.2 Å². The van der Waals surface area contributed by atoms with Gasteiger partial charge in [0.1, 0.15) is 5.75 Å². The van der Waals surface area contributed by atoms with Crippen LogP contribution in [0, 0.1) is 24.8 Å². The maximum atomic E-state index is 12.6. The van der Waals surface area contributed by atoms with E-state index in [-0.39, 0.29) is 5.56 Å². The number of benzene rings is 1. The first kappa shape index (κ1) is 16.4. The van der Waals surface area contributed by atoms with Gasteiger partial charge in [-0.3, -0.25) is 4.79 Å². The van der Waals surface area contributed by atoms with Gasteiger partial charge in [0, 0.05) is 23.1 Å². The van der Waals surface area contributed by atoms with Crippen LogP contribution in [0.2, 0.25) is 0 Å². The Bertz CT molecular complexity index is 1030. The largest absolute Gasteiger partial charge is 0.496 e. The lowest BCUT2D eigenvalue weighted by molar-refractivity contribution is 0.408. The molecule has 1 aromatic heterocycles. The molecule has 3 rings (SSSR count). The van der Waals surface area contributed by atoms with Crippen LogP contribution in [0.15, 0.2) is 40.6 Å². The van der Waals surface area contributed by atoms with E-state index < -0.39 is 5.92 Å². The highest BCUT2D eigenvalue weighted by atomic mass is 16.5. The van der Waals surface area contributed by atoms with E-state index in [1.54, 1.807) is 24.4 Å². The maximum absolute atomic E-state index is 12.6. The lowest BCUT2D eigenvalue weighted by Crippen LogP contribution is -2.26. The second-order valence-electron chi connectivity index (χ2n) is 5.84. The average molecular weight is 332 g/mol. The summed E-state index contributed by atoms with van der Waals surface area (Å²) in [6.45, 7) is 11.3. The smallest absolute Gasteiger partial charge is 0.252 e. The number of hydrogen-bond acceptors (Lipinski definition) is 4. The fourth-order valence-corrected chi connectivity index (χ4v) is 3.17. The van der Waals surface area contributed by atoms with Crippen LogP contribution in [-0.4, -0.2) is 12.1 Å². The van der Waals surface area contributed by atoms with Crippen LogP contribution in [0.25, 0.3) is 4.85 Å². The standard InChI is InChI=1S/C19H16N4O2/c1-10-9-22-19(24)16-15(18(21-3)11(2)23-17(10)16)13-6-5-12(8-20)7-14(13)25-4/h5-7,9,15,23H,1-2,4H3,(H,22,24). The van der Waals surface area contributed by atoms with Gasteiger partial charge in [0.25, 0.3) is 5.56 Å². The van der Waals surface area contributed by atoms with Crippen molar-refractivity contribution < 1.29 is 4.74 Å². The third-order valence-electron chi connectivity index (χ3n) is 4.38. The molecule has 0 saturated carbocycles. The summed E-state index contributed by atoms with van der Waals surface area (Å²) in [5, 5.41) is 12.3. The van der Waals surface area contributed by atoms with Gasteiger partial charge in [-0.2, -0.15) is 5.26 Å². The molecule has 0 amide bonds. The molecule has 6 nitrogen and oxygen atoms in total. The summed E-state index contributed by atoms with van der Waals surface area (Å²) in [7, 11) is 1.51. The van der Waals surface area contributed by atoms with E-state index in [0.29, 0.717) is 39.5 Å². The van der Waals surface area contributed by atoms with Crippen LogP contribution in [0.4, 0.5) is 5.69 Å². The molecule has 2 aromatic rings. The zero-order valence-electron chi connectivity index (χ0n) is 14.1. The molecule has 0 bridgehead atoms. The van der Waals surface area contributed by atoms with Crippen LogP contribution < -0.4 is 15.6 Å². The van der Waals surface area contributed by atoms with Gasteiger partial charge in [-0.15, -0.1) is 0 Å². The first-order valence-electron chi connectivity index (χ1n) is 7.67. The summed E-state index contributed by atoms with van der Waals surface area (Å²) < 4.78 is 5.45. The number of anilines is 1. The number of rotatable bonds is 2. The van der Waals surface area contributed by atoms with Crippen molar-refractivity contribution in [3.8, 4) is 11.8 Å². The van der Waals surface area contributed by atoms with Crippen LogP contribution >= 0.6 is 0 Å². The molecule has 2 N–H and O–H groups in total. The molecule has 25 heavy (non-hydrogen) atoms. The molecule has 124 valence electrons. The molecule has 2 heterocycles. The molecule has 0 aliphatic carbocycles. The third kappa shape index (κ3) is 2.54. The molecule has 1 unspecified atom stereocenters. The van der Waals surface area contributed by atoms with Crippen molar-refractivity contribution >= 4 is 5.69 Å². The topological polar surface area (TPSA) is 82.3 Å². The van der Waals surface area contributed by atoms with Crippen molar-refractivity contribution in [2.24, 2.45) is 0 Å².